The summed E-state index contributed by atoms with van der Waals surface area (Å²) in [5.74, 6) is 1.03. The van der Waals surface area contributed by atoms with E-state index in [4.69, 9.17) is 0 Å². The standard InChI is InChI=1S/C18H22N4O/c1-13(2)10-21-18(23)15-11-20-17(12-19-15)22-9-5-7-14-6-3-4-8-16(14)22/h3-4,6,8,11-13H,5,7,9-10H2,1-2H3,(H,21,23). The molecule has 1 N–H and O–H groups in total. The van der Waals surface area contributed by atoms with E-state index in [9.17, 15) is 4.79 Å². The molecule has 1 aromatic heterocycles. The van der Waals surface area contributed by atoms with E-state index in [1.165, 1.54) is 11.3 Å². The van der Waals surface area contributed by atoms with Gasteiger partial charge in [0.1, 0.15) is 5.69 Å². The van der Waals surface area contributed by atoms with Crippen molar-refractivity contribution in [2.45, 2.75) is 26.7 Å². The second-order valence-corrected chi connectivity index (χ2v) is 6.25. The molecule has 0 atom stereocenters. The molecule has 1 aliphatic rings. The molecule has 120 valence electrons. The van der Waals surface area contributed by atoms with Crippen LogP contribution in [0.15, 0.2) is 36.7 Å². The van der Waals surface area contributed by atoms with Gasteiger partial charge in [0.15, 0.2) is 5.82 Å². The van der Waals surface area contributed by atoms with Gasteiger partial charge in [-0.25, -0.2) is 9.97 Å². The highest BCUT2D eigenvalue weighted by molar-refractivity contribution is 5.92. The van der Waals surface area contributed by atoms with Gasteiger partial charge in [0, 0.05) is 18.8 Å². The molecule has 1 amide bonds. The summed E-state index contributed by atoms with van der Waals surface area (Å²) in [6.45, 7) is 5.68. The van der Waals surface area contributed by atoms with Crippen molar-refractivity contribution in [3.8, 4) is 0 Å². The van der Waals surface area contributed by atoms with E-state index in [1.54, 1.807) is 12.4 Å². The number of benzene rings is 1. The van der Waals surface area contributed by atoms with Gasteiger partial charge in [-0.2, -0.15) is 0 Å². The van der Waals surface area contributed by atoms with Crippen LogP contribution >= 0.6 is 0 Å². The molecule has 3 rings (SSSR count). The molecule has 2 heterocycles. The summed E-state index contributed by atoms with van der Waals surface area (Å²) in [7, 11) is 0. The molecule has 0 bridgehead atoms. The number of hydrogen-bond donors (Lipinski definition) is 1. The van der Waals surface area contributed by atoms with Crippen LogP contribution in [0.25, 0.3) is 0 Å². The maximum absolute atomic E-state index is 12.0. The third-order valence-electron chi connectivity index (χ3n) is 3.93. The Hall–Kier alpha value is -2.43. The highest BCUT2D eigenvalue weighted by Crippen LogP contribution is 2.31. The van der Waals surface area contributed by atoms with E-state index >= 15 is 0 Å². The average molecular weight is 310 g/mol. The van der Waals surface area contributed by atoms with E-state index in [2.05, 4.69) is 52.2 Å². The Morgan fingerprint density at radius 1 is 1.26 bits per heavy atom. The first-order chi connectivity index (χ1) is 11.1. The fraction of sp³-hybridized carbons (Fsp3) is 0.389. The molecule has 0 fully saturated rings. The van der Waals surface area contributed by atoms with E-state index in [0.29, 0.717) is 18.2 Å². The van der Waals surface area contributed by atoms with Crippen LogP contribution in [-0.4, -0.2) is 29.0 Å². The van der Waals surface area contributed by atoms with Crippen LogP contribution in [-0.2, 0) is 6.42 Å². The van der Waals surface area contributed by atoms with E-state index in [1.807, 2.05) is 6.07 Å². The van der Waals surface area contributed by atoms with Crippen molar-refractivity contribution >= 4 is 17.4 Å². The minimum atomic E-state index is -0.170. The first kappa shape index (κ1) is 15.5. The van der Waals surface area contributed by atoms with Crippen LogP contribution in [0.2, 0.25) is 0 Å². The zero-order chi connectivity index (χ0) is 16.2. The second kappa shape index (κ2) is 6.77. The molecular weight excluding hydrogens is 288 g/mol. The van der Waals surface area contributed by atoms with Crippen molar-refractivity contribution in [1.82, 2.24) is 15.3 Å². The normalized spacial score (nSPS) is 13.8. The number of carbonyl (C=O) groups excluding carboxylic acids is 1. The Morgan fingerprint density at radius 3 is 2.83 bits per heavy atom. The summed E-state index contributed by atoms with van der Waals surface area (Å²) < 4.78 is 0. The highest BCUT2D eigenvalue weighted by atomic mass is 16.1. The Kier molecular flexibility index (Phi) is 4.55. The van der Waals surface area contributed by atoms with Crippen LogP contribution in [0.1, 0.15) is 36.3 Å². The van der Waals surface area contributed by atoms with Gasteiger partial charge in [-0.1, -0.05) is 32.0 Å². The molecule has 5 nitrogen and oxygen atoms in total. The molecule has 1 aliphatic heterocycles. The molecule has 0 saturated heterocycles. The molecule has 23 heavy (non-hydrogen) atoms. The van der Waals surface area contributed by atoms with Gasteiger partial charge >= 0.3 is 0 Å². The molecular formula is C18H22N4O. The number of aryl methyl sites for hydroxylation is 1. The molecule has 0 spiro atoms. The molecule has 0 radical (unpaired) electrons. The number of fused-ring (bicyclic) bond motifs is 1. The predicted octanol–water partition coefficient (Wildman–Crippen LogP) is 2.95. The largest absolute Gasteiger partial charge is 0.350 e. The van der Waals surface area contributed by atoms with Crippen LogP contribution in [0.3, 0.4) is 0 Å². The monoisotopic (exact) mass is 310 g/mol. The number of hydrogen-bond acceptors (Lipinski definition) is 4. The first-order valence-electron chi connectivity index (χ1n) is 8.11. The number of anilines is 2. The Morgan fingerprint density at radius 2 is 2.09 bits per heavy atom. The lowest BCUT2D eigenvalue weighted by molar-refractivity contribution is 0.0943. The van der Waals surface area contributed by atoms with Crippen molar-refractivity contribution in [2.75, 3.05) is 18.0 Å². The zero-order valence-electron chi connectivity index (χ0n) is 13.6. The number of nitrogens with zero attached hydrogens (tertiary/aromatic N) is 3. The SMILES string of the molecule is CC(C)CNC(=O)c1cnc(N2CCCc3ccccc32)cn1. The average Bonchev–Trinajstić information content (AvgIpc) is 2.59. The molecule has 0 unspecified atom stereocenters. The molecule has 0 saturated carbocycles. The Bertz CT molecular complexity index is 682. The van der Waals surface area contributed by atoms with Gasteiger partial charge in [0.2, 0.25) is 0 Å². The molecule has 5 heteroatoms. The number of rotatable bonds is 4. The van der Waals surface area contributed by atoms with E-state index in [-0.39, 0.29) is 5.91 Å². The number of nitrogens with one attached hydrogen (secondary N) is 1. The number of amides is 1. The predicted molar refractivity (Wildman–Crippen MR) is 91.0 cm³/mol. The Balaban J connectivity index is 1.77. The topological polar surface area (TPSA) is 58.1 Å². The summed E-state index contributed by atoms with van der Waals surface area (Å²) in [5, 5.41) is 2.86. The first-order valence-corrected chi connectivity index (χ1v) is 8.11. The minimum absolute atomic E-state index is 0.170. The summed E-state index contributed by atoms with van der Waals surface area (Å²) in [6, 6.07) is 8.37. The highest BCUT2D eigenvalue weighted by Gasteiger charge is 2.19. The summed E-state index contributed by atoms with van der Waals surface area (Å²) >= 11 is 0. The Labute approximate surface area is 136 Å². The quantitative estimate of drug-likeness (QED) is 0.943. The van der Waals surface area contributed by atoms with E-state index < -0.39 is 0 Å². The zero-order valence-corrected chi connectivity index (χ0v) is 13.6. The fourth-order valence-corrected chi connectivity index (χ4v) is 2.74. The van der Waals surface area contributed by atoms with Crippen molar-refractivity contribution in [1.29, 1.82) is 0 Å². The van der Waals surface area contributed by atoms with Crippen molar-refractivity contribution in [3.63, 3.8) is 0 Å². The number of carbonyl (C=O) groups is 1. The van der Waals surface area contributed by atoms with Gasteiger partial charge < -0.3 is 10.2 Å². The molecule has 0 aliphatic carbocycles. The number of para-hydroxylation sites is 1. The lowest BCUT2D eigenvalue weighted by atomic mass is 10.0. The van der Waals surface area contributed by atoms with Gasteiger partial charge in [0.05, 0.1) is 12.4 Å². The van der Waals surface area contributed by atoms with Crippen LogP contribution in [0, 0.1) is 5.92 Å². The summed E-state index contributed by atoms with van der Waals surface area (Å²) in [5.41, 5.74) is 2.88. The maximum atomic E-state index is 12.0. The third-order valence-corrected chi connectivity index (χ3v) is 3.93. The van der Waals surface area contributed by atoms with Crippen LogP contribution < -0.4 is 10.2 Å². The van der Waals surface area contributed by atoms with Crippen molar-refractivity contribution in [3.05, 3.63) is 47.9 Å². The molecule has 1 aromatic carbocycles. The van der Waals surface area contributed by atoms with Crippen molar-refractivity contribution < 1.29 is 4.79 Å². The van der Waals surface area contributed by atoms with Gasteiger partial charge in [-0.05, 0) is 30.4 Å². The fourth-order valence-electron chi connectivity index (χ4n) is 2.74. The van der Waals surface area contributed by atoms with Gasteiger partial charge in [0.25, 0.3) is 5.91 Å². The van der Waals surface area contributed by atoms with Gasteiger partial charge in [-0.15, -0.1) is 0 Å². The summed E-state index contributed by atoms with van der Waals surface area (Å²) in [6.07, 6.45) is 5.43. The lowest BCUT2D eigenvalue weighted by Gasteiger charge is -2.30. The molecule has 2 aromatic rings. The lowest BCUT2D eigenvalue weighted by Crippen LogP contribution is -2.29. The summed E-state index contributed by atoms with van der Waals surface area (Å²) in [4.78, 5) is 22.9. The smallest absolute Gasteiger partial charge is 0.271 e. The maximum Gasteiger partial charge on any atom is 0.271 e. The van der Waals surface area contributed by atoms with Crippen LogP contribution in [0.5, 0.6) is 0 Å². The third kappa shape index (κ3) is 3.50. The minimum Gasteiger partial charge on any atom is -0.350 e. The van der Waals surface area contributed by atoms with Crippen molar-refractivity contribution in [2.24, 2.45) is 5.92 Å². The van der Waals surface area contributed by atoms with Crippen LogP contribution in [0.4, 0.5) is 11.5 Å². The van der Waals surface area contributed by atoms with Gasteiger partial charge in [-0.3, -0.25) is 4.79 Å². The second-order valence-electron chi connectivity index (χ2n) is 6.25. The number of aromatic nitrogens is 2. The van der Waals surface area contributed by atoms with E-state index in [0.717, 1.165) is 25.2 Å².